The van der Waals surface area contributed by atoms with Gasteiger partial charge in [0.2, 0.25) is 5.91 Å². The third-order valence-electron chi connectivity index (χ3n) is 2.62. The predicted octanol–water partition coefficient (Wildman–Crippen LogP) is 1.07. The van der Waals surface area contributed by atoms with Crippen LogP contribution >= 0.6 is 0 Å². The van der Waals surface area contributed by atoms with Gasteiger partial charge in [-0.2, -0.15) is 0 Å². The van der Waals surface area contributed by atoms with E-state index in [1.807, 2.05) is 13.8 Å². The van der Waals surface area contributed by atoms with Gasteiger partial charge in [-0.1, -0.05) is 32.0 Å². The fourth-order valence-corrected chi connectivity index (χ4v) is 1.35. The van der Waals surface area contributed by atoms with Gasteiger partial charge in [0.05, 0.1) is 12.5 Å². The summed E-state index contributed by atoms with van der Waals surface area (Å²) in [4.78, 5) is 11.6. The number of rotatable bonds is 5. The number of hydrogen-bond acceptors (Lipinski definition) is 3. The molecule has 1 unspecified atom stereocenters. The van der Waals surface area contributed by atoms with Gasteiger partial charge in [-0.05, 0) is 12.0 Å². The fourth-order valence-electron chi connectivity index (χ4n) is 1.35. The van der Waals surface area contributed by atoms with Crippen LogP contribution in [0.1, 0.15) is 19.4 Å². The van der Waals surface area contributed by atoms with Crippen LogP contribution in [0.3, 0.4) is 0 Å². The van der Waals surface area contributed by atoms with Crippen molar-refractivity contribution >= 4 is 5.91 Å². The van der Waals surface area contributed by atoms with E-state index in [0.717, 1.165) is 0 Å². The number of benzene rings is 1. The van der Waals surface area contributed by atoms with Crippen molar-refractivity contribution in [3.8, 4) is 5.75 Å². The van der Waals surface area contributed by atoms with E-state index in [1.54, 1.807) is 24.3 Å². The summed E-state index contributed by atoms with van der Waals surface area (Å²) in [6.45, 7) is 4.02. The Labute approximate surface area is 101 Å². The number of nitrogens with one attached hydrogen (secondary N) is 1. The minimum absolute atomic E-state index is 0.112. The lowest BCUT2D eigenvalue weighted by atomic mass is 10.1. The van der Waals surface area contributed by atoms with Crippen LogP contribution in [0.5, 0.6) is 5.75 Å². The van der Waals surface area contributed by atoms with E-state index in [9.17, 15) is 15.0 Å². The van der Waals surface area contributed by atoms with Crippen LogP contribution in [-0.4, -0.2) is 28.8 Å². The second-order valence-electron chi connectivity index (χ2n) is 4.42. The number of carbonyl (C=O) groups excluding carboxylic acids is 1. The third-order valence-corrected chi connectivity index (χ3v) is 2.62. The number of amides is 1. The molecule has 0 saturated carbocycles. The topological polar surface area (TPSA) is 69.6 Å². The zero-order valence-corrected chi connectivity index (χ0v) is 10.2. The molecule has 0 spiro atoms. The van der Waals surface area contributed by atoms with E-state index in [0.29, 0.717) is 5.56 Å². The molecule has 4 heteroatoms. The van der Waals surface area contributed by atoms with Gasteiger partial charge < -0.3 is 15.5 Å². The first-order chi connectivity index (χ1) is 8.00. The van der Waals surface area contributed by atoms with Gasteiger partial charge in [0.15, 0.2) is 0 Å². The highest BCUT2D eigenvalue weighted by molar-refractivity contribution is 5.79. The maximum absolute atomic E-state index is 11.6. The summed E-state index contributed by atoms with van der Waals surface area (Å²) in [7, 11) is 0. The summed E-state index contributed by atoms with van der Waals surface area (Å²) in [5, 5.41) is 21.7. The maximum Gasteiger partial charge on any atom is 0.224 e. The number of carbonyl (C=O) groups is 1. The van der Waals surface area contributed by atoms with Crippen LogP contribution in [0.25, 0.3) is 0 Å². The Morgan fingerprint density at radius 1 is 1.35 bits per heavy atom. The number of aliphatic hydroxyl groups excluding tert-OH is 1. The van der Waals surface area contributed by atoms with Gasteiger partial charge in [0.25, 0.3) is 0 Å². The number of phenolic OH excluding ortho intramolecular Hbond substituents is 1. The van der Waals surface area contributed by atoms with Gasteiger partial charge in [0, 0.05) is 12.1 Å². The smallest absolute Gasteiger partial charge is 0.224 e. The summed E-state index contributed by atoms with van der Waals surface area (Å²) in [6, 6.07) is 6.73. The molecule has 0 aliphatic carbocycles. The van der Waals surface area contributed by atoms with Crippen molar-refractivity contribution < 1.29 is 15.0 Å². The highest BCUT2D eigenvalue weighted by Crippen LogP contribution is 2.15. The van der Waals surface area contributed by atoms with Crippen LogP contribution in [0.2, 0.25) is 0 Å². The van der Waals surface area contributed by atoms with Crippen molar-refractivity contribution in [2.24, 2.45) is 5.92 Å². The molecule has 1 rings (SSSR count). The lowest BCUT2D eigenvalue weighted by Crippen LogP contribution is -2.35. The molecule has 4 nitrogen and oxygen atoms in total. The minimum Gasteiger partial charge on any atom is -0.508 e. The largest absolute Gasteiger partial charge is 0.508 e. The van der Waals surface area contributed by atoms with Crippen LogP contribution in [0.4, 0.5) is 0 Å². The highest BCUT2D eigenvalue weighted by Gasteiger charge is 2.11. The van der Waals surface area contributed by atoms with Crippen molar-refractivity contribution in [2.45, 2.75) is 26.4 Å². The molecule has 0 bridgehead atoms. The molecule has 0 saturated heterocycles. The zero-order valence-electron chi connectivity index (χ0n) is 10.2. The molecule has 0 aromatic heterocycles. The summed E-state index contributed by atoms with van der Waals surface area (Å²) < 4.78 is 0. The van der Waals surface area contributed by atoms with E-state index in [4.69, 9.17) is 0 Å². The molecule has 1 amide bonds. The van der Waals surface area contributed by atoms with Crippen molar-refractivity contribution in [2.75, 3.05) is 6.54 Å². The standard InChI is InChI=1S/C13H19NO3/c1-9(2)12(16)8-14-13(17)7-10-5-3-4-6-11(10)15/h3-6,9,12,15-16H,7-8H2,1-2H3,(H,14,17). The number of hydrogen-bond donors (Lipinski definition) is 3. The van der Waals surface area contributed by atoms with Gasteiger partial charge >= 0.3 is 0 Å². The van der Waals surface area contributed by atoms with Crippen LogP contribution < -0.4 is 5.32 Å². The maximum atomic E-state index is 11.6. The molecule has 0 fully saturated rings. The van der Waals surface area contributed by atoms with E-state index in [2.05, 4.69) is 5.32 Å². The predicted molar refractivity (Wildman–Crippen MR) is 65.7 cm³/mol. The zero-order chi connectivity index (χ0) is 12.8. The van der Waals surface area contributed by atoms with Gasteiger partial charge in [-0.3, -0.25) is 4.79 Å². The van der Waals surface area contributed by atoms with Gasteiger partial charge in [-0.25, -0.2) is 0 Å². The molecule has 3 N–H and O–H groups in total. The Hall–Kier alpha value is -1.55. The number of phenols is 1. The highest BCUT2D eigenvalue weighted by atomic mass is 16.3. The van der Waals surface area contributed by atoms with Crippen molar-refractivity contribution in [1.82, 2.24) is 5.32 Å². The lowest BCUT2D eigenvalue weighted by molar-refractivity contribution is -0.121. The average molecular weight is 237 g/mol. The molecule has 0 aliphatic rings. The Morgan fingerprint density at radius 3 is 2.59 bits per heavy atom. The van der Waals surface area contributed by atoms with E-state index in [-0.39, 0.29) is 30.5 Å². The van der Waals surface area contributed by atoms with Crippen molar-refractivity contribution in [3.63, 3.8) is 0 Å². The Bertz CT molecular complexity index is 377. The first kappa shape index (κ1) is 13.5. The molecule has 94 valence electrons. The molecular weight excluding hydrogens is 218 g/mol. The van der Waals surface area contributed by atoms with Crippen molar-refractivity contribution in [3.05, 3.63) is 29.8 Å². The molecule has 0 aliphatic heterocycles. The van der Waals surface area contributed by atoms with E-state index >= 15 is 0 Å². The Kier molecular flexibility index (Phi) is 4.97. The van der Waals surface area contributed by atoms with Crippen LogP contribution in [0.15, 0.2) is 24.3 Å². The average Bonchev–Trinajstić information content (AvgIpc) is 2.29. The second-order valence-corrected chi connectivity index (χ2v) is 4.42. The Balaban J connectivity index is 2.43. The van der Waals surface area contributed by atoms with Gasteiger partial charge in [-0.15, -0.1) is 0 Å². The molecule has 1 atom stereocenters. The van der Waals surface area contributed by atoms with E-state index in [1.165, 1.54) is 0 Å². The number of aromatic hydroxyl groups is 1. The van der Waals surface area contributed by atoms with Gasteiger partial charge in [0.1, 0.15) is 5.75 Å². The third kappa shape index (κ3) is 4.44. The number of aliphatic hydroxyl groups is 1. The molecular formula is C13H19NO3. The molecule has 1 aromatic carbocycles. The molecule has 1 aromatic rings. The summed E-state index contributed by atoms with van der Waals surface area (Å²) >= 11 is 0. The monoisotopic (exact) mass is 237 g/mol. The Morgan fingerprint density at radius 2 is 2.00 bits per heavy atom. The molecule has 0 heterocycles. The fraction of sp³-hybridized carbons (Fsp3) is 0.462. The normalized spacial score (nSPS) is 12.5. The lowest BCUT2D eigenvalue weighted by Gasteiger charge is -2.15. The SMILES string of the molecule is CC(C)C(O)CNC(=O)Cc1ccccc1O. The first-order valence-electron chi connectivity index (χ1n) is 5.72. The number of para-hydroxylation sites is 1. The molecule has 0 radical (unpaired) electrons. The first-order valence-corrected chi connectivity index (χ1v) is 5.72. The summed E-state index contributed by atoms with van der Waals surface area (Å²) in [5.74, 6) is 0.0266. The summed E-state index contributed by atoms with van der Waals surface area (Å²) in [6.07, 6.45) is -0.416. The second kappa shape index (κ2) is 6.25. The minimum atomic E-state index is -0.539. The van der Waals surface area contributed by atoms with Crippen LogP contribution in [0, 0.1) is 5.92 Å². The molecule has 17 heavy (non-hydrogen) atoms. The van der Waals surface area contributed by atoms with E-state index < -0.39 is 6.10 Å². The summed E-state index contributed by atoms with van der Waals surface area (Å²) in [5.41, 5.74) is 0.587. The van der Waals surface area contributed by atoms with Crippen molar-refractivity contribution in [1.29, 1.82) is 0 Å². The quantitative estimate of drug-likeness (QED) is 0.717. The van der Waals surface area contributed by atoms with Crippen LogP contribution in [-0.2, 0) is 11.2 Å².